The second-order valence-electron chi connectivity index (χ2n) is 7.63. The number of aromatic nitrogens is 1. The van der Waals surface area contributed by atoms with Gasteiger partial charge in [-0.3, -0.25) is 9.59 Å². The van der Waals surface area contributed by atoms with Crippen LogP contribution in [0.15, 0.2) is 36.5 Å². The Morgan fingerprint density at radius 2 is 2.04 bits per heavy atom. The molecule has 0 saturated heterocycles. The van der Waals surface area contributed by atoms with E-state index in [1.807, 2.05) is 25.1 Å². The van der Waals surface area contributed by atoms with Crippen LogP contribution in [0.2, 0.25) is 0 Å². The normalized spacial score (nSPS) is 18.4. The van der Waals surface area contributed by atoms with Gasteiger partial charge in [0.05, 0.1) is 6.54 Å². The number of hydrogen-bond donors (Lipinski definition) is 1. The van der Waals surface area contributed by atoms with Gasteiger partial charge in [-0.25, -0.2) is 4.98 Å². The lowest BCUT2D eigenvalue weighted by molar-refractivity contribution is -0.136. The van der Waals surface area contributed by atoms with E-state index >= 15 is 0 Å². The van der Waals surface area contributed by atoms with Gasteiger partial charge < -0.3 is 10.2 Å². The number of carbonyl (C=O) groups is 2. The van der Waals surface area contributed by atoms with Crippen molar-refractivity contribution in [3.05, 3.63) is 47.0 Å². The van der Waals surface area contributed by atoms with Crippen molar-refractivity contribution in [2.24, 2.45) is 11.8 Å². The van der Waals surface area contributed by atoms with Gasteiger partial charge in [0.15, 0.2) is 5.13 Å². The number of anilines is 1. The molecule has 3 rings (SSSR count). The van der Waals surface area contributed by atoms with Gasteiger partial charge in [0.25, 0.3) is 0 Å². The average molecular weight is 386 g/mol. The fourth-order valence-corrected chi connectivity index (χ4v) is 3.88. The summed E-state index contributed by atoms with van der Waals surface area (Å²) in [5.41, 5.74) is 1.21. The van der Waals surface area contributed by atoms with Gasteiger partial charge in [0.1, 0.15) is 0 Å². The summed E-state index contributed by atoms with van der Waals surface area (Å²) in [5, 5.41) is 3.40. The summed E-state index contributed by atoms with van der Waals surface area (Å²) in [7, 11) is 0. The van der Waals surface area contributed by atoms with Crippen molar-refractivity contribution < 1.29 is 9.59 Å². The Morgan fingerprint density at radius 3 is 2.67 bits per heavy atom. The van der Waals surface area contributed by atoms with Gasteiger partial charge in [-0.1, -0.05) is 44.2 Å². The molecule has 1 aliphatic rings. The molecule has 0 bridgehead atoms. The van der Waals surface area contributed by atoms with Crippen LogP contribution < -0.4 is 5.32 Å². The Morgan fingerprint density at radius 1 is 1.30 bits per heavy atom. The number of carbonyl (C=O) groups excluding carboxylic acids is 2. The number of nitrogens with one attached hydrogen (secondary N) is 1. The molecule has 1 saturated carbocycles. The molecule has 1 fully saturated rings. The Kier molecular flexibility index (Phi) is 6.26. The van der Waals surface area contributed by atoms with Crippen LogP contribution in [0.4, 0.5) is 5.13 Å². The van der Waals surface area contributed by atoms with Crippen LogP contribution in [0.1, 0.15) is 43.0 Å². The van der Waals surface area contributed by atoms with Crippen LogP contribution in [-0.4, -0.2) is 34.8 Å². The maximum atomic E-state index is 13.0. The van der Waals surface area contributed by atoms with Gasteiger partial charge in [-0.2, -0.15) is 0 Å². The zero-order valence-electron chi connectivity index (χ0n) is 16.1. The van der Waals surface area contributed by atoms with E-state index in [1.165, 1.54) is 16.9 Å². The third-order valence-corrected chi connectivity index (χ3v) is 5.65. The molecular weight excluding hydrogens is 358 g/mol. The smallest absolute Gasteiger partial charge is 0.245 e. The largest absolute Gasteiger partial charge is 0.333 e. The zero-order chi connectivity index (χ0) is 19.4. The second-order valence-corrected chi connectivity index (χ2v) is 8.86. The van der Waals surface area contributed by atoms with E-state index in [-0.39, 0.29) is 30.2 Å². The van der Waals surface area contributed by atoms with Crippen molar-refractivity contribution in [3.8, 4) is 0 Å². The summed E-state index contributed by atoms with van der Waals surface area (Å²) in [6, 6.07) is 10.2. The molecule has 5 nitrogen and oxygen atoms in total. The molecule has 1 aromatic heterocycles. The Bertz CT molecular complexity index is 788. The van der Waals surface area contributed by atoms with E-state index in [0.29, 0.717) is 17.6 Å². The van der Waals surface area contributed by atoms with E-state index in [4.69, 9.17) is 0 Å². The second kappa shape index (κ2) is 8.65. The fourth-order valence-electron chi connectivity index (χ4n) is 3.20. The van der Waals surface area contributed by atoms with Crippen molar-refractivity contribution in [1.82, 2.24) is 9.88 Å². The van der Waals surface area contributed by atoms with Crippen LogP contribution in [0.5, 0.6) is 0 Å². The molecule has 0 unspecified atom stereocenters. The van der Waals surface area contributed by atoms with Crippen molar-refractivity contribution >= 4 is 28.3 Å². The highest BCUT2D eigenvalue weighted by Crippen LogP contribution is 2.48. The third-order valence-electron chi connectivity index (χ3n) is 4.83. The minimum absolute atomic E-state index is 0.00512. The number of rotatable bonds is 8. The van der Waals surface area contributed by atoms with Crippen molar-refractivity contribution in [1.29, 1.82) is 0 Å². The van der Waals surface area contributed by atoms with Crippen LogP contribution in [0, 0.1) is 18.8 Å². The van der Waals surface area contributed by atoms with E-state index in [0.717, 1.165) is 17.7 Å². The standard InChI is InChI=1S/C21H27N3O2S/c1-14(2)9-10-24(13-19(25)23-21-22-12-15(3)27-21)20(26)18-11-17(18)16-7-5-4-6-8-16/h4-8,12,14,17-18H,9-11,13H2,1-3H3,(H,22,23,25)/t17-,18-/m0/s1. The Labute approximate surface area is 164 Å². The molecule has 144 valence electrons. The maximum Gasteiger partial charge on any atom is 0.245 e. The number of benzene rings is 1. The first-order valence-corrected chi connectivity index (χ1v) is 10.3. The van der Waals surface area contributed by atoms with Crippen molar-refractivity contribution in [2.45, 2.75) is 39.5 Å². The fraction of sp³-hybridized carbons (Fsp3) is 0.476. The highest BCUT2D eigenvalue weighted by molar-refractivity contribution is 7.15. The molecule has 1 aromatic carbocycles. The summed E-state index contributed by atoms with van der Waals surface area (Å²) in [6.07, 6.45) is 3.49. The average Bonchev–Trinajstić information content (AvgIpc) is 3.34. The first kappa shape index (κ1) is 19.5. The number of thiazole rings is 1. The van der Waals surface area contributed by atoms with Gasteiger partial charge in [-0.15, -0.1) is 11.3 Å². The monoisotopic (exact) mass is 385 g/mol. The number of amides is 2. The first-order chi connectivity index (χ1) is 12.9. The lowest BCUT2D eigenvalue weighted by atomic mass is 10.1. The van der Waals surface area contributed by atoms with Gasteiger partial charge in [0.2, 0.25) is 11.8 Å². The molecule has 0 spiro atoms. The molecule has 0 radical (unpaired) electrons. The predicted octanol–water partition coefficient (Wildman–Crippen LogP) is 4.07. The van der Waals surface area contributed by atoms with E-state index in [1.54, 1.807) is 11.1 Å². The van der Waals surface area contributed by atoms with Crippen LogP contribution in [0.25, 0.3) is 0 Å². The van der Waals surface area contributed by atoms with E-state index < -0.39 is 0 Å². The molecule has 2 amide bonds. The molecule has 27 heavy (non-hydrogen) atoms. The molecule has 0 aliphatic heterocycles. The zero-order valence-corrected chi connectivity index (χ0v) is 17.0. The molecular formula is C21H27N3O2S. The summed E-state index contributed by atoms with van der Waals surface area (Å²) in [6.45, 7) is 6.90. The molecule has 1 aliphatic carbocycles. The third kappa shape index (κ3) is 5.39. The van der Waals surface area contributed by atoms with Gasteiger partial charge >= 0.3 is 0 Å². The molecule has 1 heterocycles. The first-order valence-electron chi connectivity index (χ1n) is 9.50. The van der Waals surface area contributed by atoms with Crippen LogP contribution >= 0.6 is 11.3 Å². The lowest BCUT2D eigenvalue weighted by Crippen LogP contribution is -2.40. The van der Waals surface area contributed by atoms with Gasteiger partial charge in [0, 0.05) is 23.5 Å². The lowest BCUT2D eigenvalue weighted by Gasteiger charge is -2.23. The summed E-state index contributed by atoms with van der Waals surface area (Å²) >= 11 is 1.44. The predicted molar refractivity (Wildman–Crippen MR) is 109 cm³/mol. The van der Waals surface area contributed by atoms with Crippen LogP contribution in [-0.2, 0) is 9.59 Å². The topological polar surface area (TPSA) is 62.3 Å². The maximum absolute atomic E-state index is 13.0. The van der Waals surface area contributed by atoms with Crippen LogP contribution in [0.3, 0.4) is 0 Å². The minimum Gasteiger partial charge on any atom is -0.333 e. The SMILES string of the molecule is Cc1cnc(NC(=O)CN(CCC(C)C)C(=O)[C@H]2C[C@H]2c2ccccc2)s1. The number of nitrogens with zero attached hydrogens (tertiary/aromatic N) is 2. The molecule has 2 atom stereocenters. The molecule has 1 N–H and O–H groups in total. The highest BCUT2D eigenvalue weighted by atomic mass is 32.1. The molecule has 2 aromatic rings. The Hall–Kier alpha value is -2.21. The van der Waals surface area contributed by atoms with Gasteiger partial charge in [-0.05, 0) is 37.2 Å². The quantitative estimate of drug-likeness (QED) is 0.745. The summed E-state index contributed by atoms with van der Waals surface area (Å²) < 4.78 is 0. The molecule has 6 heteroatoms. The minimum atomic E-state index is -0.182. The van der Waals surface area contributed by atoms with Crippen molar-refractivity contribution in [2.75, 3.05) is 18.4 Å². The Balaban J connectivity index is 1.62. The summed E-state index contributed by atoms with van der Waals surface area (Å²) in [4.78, 5) is 32.4. The van der Waals surface area contributed by atoms with E-state index in [2.05, 4.69) is 36.3 Å². The van der Waals surface area contributed by atoms with Crippen molar-refractivity contribution in [3.63, 3.8) is 0 Å². The highest BCUT2D eigenvalue weighted by Gasteiger charge is 2.45. The van der Waals surface area contributed by atoms with E-state index in [9.17, 15) is 9.59 Å². The number of hydrogen-bond acceptors (Lipinski definition) is 4. The number of aryl methyl sites for hydroxylation is 1. The summed E-state index contributed by atoms with van der Waals surface area (Å²) in [5.74, 6) is 0.668.